The van der Waals surface area contributed by atoms with Gasteiger partial charge in [0.05, 0.1) is 19.1 Å². The average molecular weight is 362 g/mol. The van der Waals surface area contributed by atoms with E-state index in [2.05, 4.69) is 0 Å². The van der Waals surface area contributed by atoms with Gasteiger partial charge in [-0.3, -0.25) is 9.59 Å². The predicted octanol–water partition coefficient (Wildman–Crippen LogP) is 2.43. The Morgan fingerprint density at radius 2 is 1.92 bits per heavy atom. The lowest BCUT2D eigenvalue weighted by Gasteiger charge is -2.36. The van der Waals surface area contributed by atoms with E-state index < -0.39 is 0 Å². The summed E-state index contributed by atoms with van der Waals surface area (Å²) in [7, 11) is 0. The molecule has 0 radical (unpaired) electrons. The fraction of sp³-hybridized carbons (Fsp3) is 0.579. The molecule has 0 aliphatic carbocycles. The molecule has 1 atom stereocenters. The molecule has 2 saturated heterocycles. The highest BCUT2D eigenvalue weighted by Crippen LogP contribution is 2.24. The first-order valence-corrected chi connectivity index (χ1v) is 10.1. The molecule has 2 aliphatic rings. The van der Waals surface area contributed by atoms with Gasteiger partial charge in [0.25, 0.3) is 5.91 Å². The van der Waals surface area contributed by atoms with Crippen LogP contribution in [0.1, 0.15) is 28.8 Å². The number of piperidine rings is 1. The van der Waals surface area contributed by atoms with Gasteiger partial charge in [0, 0.05) is 36.6 Å². The second kappa shape index (κ2) is 8.23. The molecule has 1 unspecified atom stereocenters. The van der Waals surface area contributed by atoms with Crippen molar-refractivity contribution in [2.75, 3.05) is 45.6 Å². The number of carbonyl (C=O) groups excluding carboxylic acids is 2. The molecule has 0 saturated carbocycles. The van der Waals surface area contributed by atoms with Crippen LogP contribution in [0.3, 0.4) is 0 Å². The molecule has 2 heterocycles. The number of nitrogens with zero attached hydrogens (tertiary/aromatic N) is 2. The number of likely N-dealkylation sites (tertiary alicyclic amines) is 1. The lowest BCUT2D eigenvalue weighted by atomic mass is 9.95. The normalized spacial score (nSPS) is 21.3. The van der Waals surface area contributed by atoms with Crippen LogP contribution in [0.15, 0.2) is 23.1 Å². The van der Waals surface area contributed by atoms with Crippen LogP contribution in [0.5, 0.6) is 0 Å². The zero-order chi connectivity index (χ0) is 17.8. The lowest BCUT2D eigenvalue weighted by molar-refractivity contribution is -0.141. The van der Waals surface area contributed by atoms with Crippen LogP contribution in [0, 0.1) is 12.8 Å². The summed E-state index contributed by atoms with van der Waals surface area (Å²) in [6, 6.07) is 6.01. The van der Waals surface area contributed by atoms with E-state index in [0.29, 0.717) is 32.8 Å². The molecule has 0 bridgehead atoms. The molecule has 1 aromatic rings. The van der Waals surface area contributed by atoms with E-state index in [9.17, 15) is 9.59 Å². The summed E-state index contributed by atoms with van der Waals surface area (Å²) in [5.74, 6) is 0.142. The number of carbonyl (C=O) groups is 2. The van der Waals surface area contributed by atoms with Crippen LogP contribution in [-0.2, 0) is 9.53 Å². The fourth-order valence-electron chi connectivity index (χ4n) is 3.53. The number of thioether (sulfide) groups is 1. The van der Waals surface area contributed by atoms with E-state index in [1.165, 1.54) is 0 Å². The molecule has 2 amide bonds. The smallest absolute Gasteiger partial charge is 0.254 e. The van der Waals surface area contributed by atoms with E-state index >= 15 is 0 Å². The summed E-state index contributed by atoms with van der Waals surface area (Å²) in [6.45, 7) is 5.78. The first kappa shape index (κ1) is 18.3. The minimum absolute atomic E-state index is 0.0490. The maximum absolute atomic E-state index is 13.0. The molecule has 0 N–H and O–H groups in total. The predicted molar refractivity (Wildman–Crippen MR) is 99.0 cm³/mol. The summed E-state index contributed by atoms with van der Waals surface area (Å²) < 4.78 is 5.33. The van der Waals surface area contributed by atoms with Gasteiger partial charge in [0.2, 0.25) is 5.91 Å². The summed E-state index contributed by atoms with van der Waals surface area (Å²) in [6.07, 6.45) is 3.76. The lowest BCUT2D eigenvalue weighted by Crippen LogP contribution is -2.49. The van der Waals surface area contributed by atoms with Gasteiger partial charge in [-0.15, -0.1) is 11.8 Å². The van der Waals surface area contributed by atoms with Crippen molar-refractivity contribution in [1.82, 2.24) is 9.80 Å². The van der Waals surface area contributed by atoms with Crippen LogP contribution in [0.25, 0.3) is 0 Å². The molecule has 2 aliphatic heterocycles. The van der Waals surface area contributed by atoms with Crippen molar-refractivity contribution in [3.63, 3.8) is 0 Å². The topological polar surface area (TPSA) is 49.9 Å². The third-order valence-electron chi connectivity index (χ3n) is 5.06. The zero-order valence-corrected chi connectivity index (χ0v) is 15.8. The zero-order valence-electron chi connectivity index (χ0n) is 15.0. The molecule has 5 nitrogen and oxygen atoms in total. The fourth-order valence-corrected chi connectivity index (χ4v) is 3.97. The quantitative estimate of drug-likeness (QED) is 0.775. The van der Waals surface area contributed by atoms with Crippen LogP contribution < -0.4 is 0 Å². The number of hydrogen-bond acceptors (Lipinski definition) is 4. The van der Waals surface area contributed by atoms with Crippen LogP contribution >= 0.6 is 11.8 Å². The Balaban J connectivity index is 1.70. The highest BCUT2D eigenvalue weighted by atomic mass is 32.2. The van der Waals surface area contributed by atoms with Crippen molar-refractivity contribution in [3.8, 4) is 0 Å². The summed E-state index contributed by atoms with van der Waals surface area (Å²) in [4.78, 5) is 30.6. The Bertz CT molecular complexity index is 644. The van der Waals surface area contributed by atoms with Gasteiger partial charge in [-0.2, -0.15) is 0 Å². The van der Waals surface area contributed by atoms with Crippen molar-refractivity contribution in [3.05, 3.63) is 29.3 Å². The van der Waals surface area contributed by atoms with Crippen LogP contribution in [0.2, 0.25) is 0 Å². The Labute approximate surface area is 153 Å². The third-order valence-corrected chi connectivity index (χ3v) is 5.78. The van der Waals surface area contributed by atoms with Gasteiger partial charge >= 0.3 is 0 Å². The number of benzene rings is 1. The molecule has 0 spiro atoms. The molecule has 3 rings (SSSR count). The van der Waals surface area contributed by atoms with Gasteiger partial charge in [-0.05, 0) is 43.7 Å². The van der Waals surface area contributed by atoms with E-state index in [4.69, 9.17) is 4.74 Å². The molecule has 25 heavy (non-hydrogen) atoms. The minimum Gasteiger partial charge on any atom is -0.378 e. The molecule has 0 aromatic heterocycles. The van der Waals surface area contributed by atoms with E-state index in [-0.39, 0.29) is 17.7 Å². The second-order valence-corrected chi connectivity index (χ2v) is 7.59. The number of morpholine rings is 1. The number of amides is 2. The van der Waals surface area contributed by atoms with Gasteiger partial charge in [0.1, 0.15) is 0 Å². The highest BCUT2D eigenvalue weighted by molar-refractivity contribution is 7.98. The Morgan fingerprint density at radius 1 is 1.16 bits per heavy atom. The number of aryl methyl sites for hydroxylation is 1. The third kappa shape index (κ3) is 4.18. The monoisotopic (exact) mass is 362 g/mol. The Hall–Kier alpha value is -1.53. The summed E-state index contributed by atoms with van der Waals surface area (Å²) in [5.41, 5.74) is 1.75. The summed E-state index contributed by atoms with van der Waals surface area (Å²) >= 11 is 1.64. The molecule has 2 fully saturated rings. The van der Waals surface area contributed by atoms with E-state index in [1.807, 2.05) is 41.2 Å². The molecule has 136 valence electrons. The Morgan fingerprint density at radius 3 is 2.64 bits per heavy atom. The standard InChI is InChI=1S/C19H26N2O3S/c1-14-5-6-16(25-2)12-17(14)19(23)21-7-3-4-15(13-21)18(22)20-8-10-24-11-9-20/h5-6,12,15H,3-4,7-11,13H2,1-2H3. The molecular weight excluding hydrogens is 336 g/mol. The van der Waals surface area contributed by atoms with Gasteiger partial charge in [0.15, 0.2) is 0 Å². The Kier molecular flexibility index (Phi) is 6.02. The maximum atomic E-state index is 13.0. The highest BCUT2D eigenvalue weighted by Gasteiger charge is 2.32. The first-order valence-electron chi connectivity index (χ1n) is 8.90. The van der Waals surface area contributed by atoms with Gasteiger partial charge in [-0.1, -0.05) is 6.07 Å². The second-order valence-electron chi connectivity index (χ2n) is 6.71. The first-order chi connectivity index (χ1) is 12.1. The number of hydrogen-bond donors (Lipinski definition) is 0. The largest absolute Gasteiger partial charge is 0.378 e. The van der Waals surface area contributed by atoms with Crippen molar-refractivity contribution in [1.29, 1.82) is 0 Å². The minimum atomic E-state index is -0.0835. The molecule has 6 heteroatoms. The molecular formula is C19H26N2O3S. The van der Waals surface area contributed by atoms with Crippen molar-refractivity contribution < 1.29 is 14.3 Å². The van der Waals surface area contributed by atoms with Crippen LogP contribution in [-0.4, -0.2) is 67.3 Å². The molecule has 1 aromatic carbocycles. The van der Waals surface area contributed by atoms with E-state index in [0.717, 1.165) is 35.4 Å². The summed E-state index contributed by atoms with van der Waals surface area (Å²) in [5, 5.41) is 0. The SMILES string of the molecule is CSc1ccc(C)c(C(=O)N2CCCC(C(=O)N3CCOCC3)C2)c1. The number of ether oxygens (including phenoxy) is 1. The van der Waals surface area contributed by atoms with Crippen molar-refractivity contribution >= 4 is 23.6 Å². The van der Waals surface area contributed by atoms with Crippen molar-refractivity contribution in [2.24, 2.45) is 5.92 Å². The van der Waals surface area contributed by atoms with E-state index in [1.54, 1.807) is 11.8 Å². The van der Waals surface area contributed by atoms with Crippen LogP contribution in [0.4, 0.5) is 0 Å². The average Bonchev–Trinajstić information content (AvgIpc) is 2.68. The number of rotatable bonds is 3. The van der Waals surface area contributed by atoms with Crippen molar-refractivity contribution in [2.45, 2.75) is 24.7 Å². The maximum Gasteiger partial charge on any atom is 0.254 e. The van der Waals surface area contributed by atoms with Gasteiger partial charge in [-0.25, -0.2) is 0 Å². The van der Waals surface area contributed by atoms with Gasteiger partial charge < -0.3 is 14.5 Å².